The van der Waals surface area contributed by atoms with E-state index < -0.39 is 23.6 Å². The molecule has 0 spiro atoms. The van der Waals surface area contributed by atoms with E-state index in [2.05, 4.69) is 5.32 Å². The molecule has 1 aliphatic rings. The third kappa shape index (κ3) is 4.45. The van der Waals surface area contributed by atoms with E-state index in [9.17, 15) is 27.2 Å². The Morgan fingerprint density at radius 2 is 1.85 bits per heavy atom. The number of nitrogens with zero attached hydrogens (tertiary/aromatic N) is 1. The van der Waals surface area contributed by atoms with Crippen LogP contribution in [0.2, 0.25) is 0 Å². The molecule has 4 nitrogen and oxygen atoms in total. The molecule has 2 aromatic rings. The van der Waals surface area contributed by atoms with Crippen LogP contribution < -0.4 is 10.2 Å². The fraction of sp³-hybridized carbons (Fsp3) is 0.263. The van der Waals surface area contributed by atoms with Crippen molar-refractivity contribution in [1.82, 2.24) is 5.32 Å². The summed E-state index contributed by atoms with van der Waals surface area (Å²) < 4.78 is 51.4. The van der Waals surface area contributed by atoms with E-state index in [1.165, 1.54) is 41.3 Å². The molecule has 0 radical (unpaired) electrons. The van der Waals surface area contributed by atoms with Gasteiger partial charge in [0.1, 0.15) is 5.82 Å². The highest BCUT2D eigenvalue weighted by atomic mass is 19.4. The first-order valence-corrected chi connectivity index (χ1v) is 8.24. The molecule has 0 aliphatic carbocycles. The number of hydrogen-bond acceptors (Lipinski definition) is 2. The summed E-state index contributed by atoms with van der Waals surface area (Å²) in [5.74, 6) is -1.82. The number of benzene rings is 2. The van der Waals surface area contributed by atoms with Gasteiger partial charge in [-0.05, 0) is 35.9 Å². The number of carbonyl (C=O) groups excluding carboxylic acids is 2. The average molecular weight is 380 g/mol. The van der Waals surface area contributed by atoms with Gasteiger partial charge in [-0.3, -0.25) is 9.59 Å². The van der Waals surface area contributed by atoms with E-state index in [0.717, 1.165) is 12.1 Å². The molecule has 0 saturated carbocycles. The monoisotopic (exact) mass is 380 g/mol. The number of halogens is 4. The molecule has 1 aliphatic heterocycles. The van der Waals surface area contributed by atoms with Gasteiger partial charge < -0.3 is 10.2 Å². The van der Waals surface area contributed by atoms with Gasteiger partial charge in [0.05, 0.1) is 11.5 Å². The van der Waals surface area contributed by atoms with Gasteiger partial charge in [0.25, 0.3) is 0 Å². The van der Waals surface area contributed by atoms with Crippen molar-refractivity contribution in [1.29, 1.82) is 0 Å². The first-order valence-electron chi connectivity index (χ1n) is 8.24. The fourth-order valence-electron chi connectivity index (χ4n) is 2.92. The minimum atomic E-state index is -4.51. The molecule has 1 N–H and O–H groups in total. The van der Waals surface area contributed by atoms with Gasteiger partial charge in [0.2, 0.25) is 11.8 Å². The van der Waals surface area contributed by atoms with E-state index in [1.54, 1.807) is 0 Å². The highest BCUT2D eigenvalue weighted by Crippen LogP contribution is 2.33. The Kier molecular flexibility index (Phi) is 5.16. The Morgan fingerprint density at radius 3 is 2.52 bits per heavy atom. The molecular weight excluding hydrogens is 364 g/mol. The lowest BCUT2D eigenvalue weighted by molar-refractivity contribution is -0.137. The van der Waals surface area contributed by atoms with Gasteiger partial charge in [-0.1, -0.05) is 18.2 Å². The molecule has 1 heterocycles. The number of nitrogens with one attached hydrogen (secondary N) is 1. The van der Waals surface area contributed by atoms with Crippen molar-refractivity contribution in [2.45, 2.75) is 19.1 Å². The largest absolute Gasteiger partial charge is 0.416 e. The van der Waals surface area contributed by atoms with Crippen LogP contribution >= 0.6 is 0 Å². The molecule has 2 amide bonds. The van der Waals surface area contributed by atoms with Gasteiger partial charge in [0, 0.05) is 25.2 Å². The molecule has 27 heavy (non-hydrogen) atoms. The maximum Gasteiger partial charge on any atom is 0.416 e. The van der Waals surface area contributed by atoms with Crippen LogP contribution in [0.25, 0.3) is 0 Å². The maximum absolute atomic E-state index is 12.9. The summed E-state index contributed by atoms with van der Waals surface area (Å²) >= 11 is 0. The van der Waals surface area contributed by atoms with E-state index in [4.69, 9.17) is 0 Å². The van der Waals surface area contributed by atoms with Crippen LogP contribution in [0, 0.1) is 11.7 Å². The summed E-state index contributed by atoms with van der Waals surface area (Å²) in [6.45, 7) is 0.183. The predicted octanol–water partition coefficient (Wildman–Crippen LogP) is 3.51. The number of anilines is 1. The van der Waals surface area contributed by atoms with E-state index in [1.807, 2.05) is 0 Å². The minimum absolute atomic E-state index is 0.00932. The molecule has 0 bridgehead atoms. The quantitative estimate of drug-likeness (QED) is 0.826. The van der Waals surface area contributed by atoms with Crippen LogP contribution in [0.1, 0.15) is 17.5 Å². The van der Waals surface area contributed by atoms with Crippen molar-refractivity contribution in [2.75, 3.05) is 11.4 Å². The second-order valence-electron chi connectivity index (χ2n) is 6.30. The maximum atomic E-state index is 12.9. The normalized spacial score (nSPS) is 17.3. The first-order chi connectivity index (χ1) is 12.7. The topological polar surface area (TPSA) is 49.4 Å². The van der Waals surface area contributed by atoms with Crippen LogP contribution in [0.5, 0.6) is 0 Å². The van der Waals surface area contributed by atoms with Gasteiger partial charge in [-0.2, -0.15) is 13.2 Å². The van der Waals surface area contributed by atoms with Crippen LogP contribution in [0.4, 0.5) is 23.2 Å². The molecule has 2 aromatic carbocycles. The average Bonchev–Trinajstić information content (AvgIpc) is 3.02. The van der Waals surface area contributed by atoms with Gasteiger partial charge in [-0.25, -0.2) is 4.39 Å². The third-order valence-electron chi connectivity index (χ3n) is 4.36. The summed E-state index contributed by atoms with van der Waals surface area (Å²) in [7, 11) is 0. The summed E-state index contributed by atoms with van der Waals surface area (Å²) in [6.07, 6.45) is -4.59. The molecule has 1 fully saturated rings. The Labute approximate surface area is 152 Å². The van der Waals surface area contributed by atoms with Crippen molar-refractivity contribution >= 4 is 17.5 Å². The molecule has 1 saturated heterocycles. The van der Waals surface area contributed by atoms with Crippen molar-refractivity contribution in [2.24, 2.45) is 5.92 Å². The molecular formula is C19H16F4N2O2. The summed E-state index contributed by atoms with van der Waals surface area (Å²) in [4.78, 5) is 25.7. The molecule has 0 aromatic heterocycles. The lowest BCUT2D eigenvalue weighted by Gasteiger charge is -2.18. The molecule has 142 valence electrons. The Balaban J connectivity index is 1.64. The second-order valence-corrected chi connectivity index (χ2v) is 6.30. The number of carbonyl (C=O) groups is 2. The smallest absolute Gasteiger partial charge is 0.352 e. The van der Waals surface area contributed by atoms with Crippen LogP contribution in [0.15, 0.2) is 48.5 Å². The zero-order valence-electron chi connectivity index (χ0n) is 14.1. The summed E-state index contributed by atoms with van der Waals surface area (Å²) in [6, 6.07) is 10.1. The van der Waals surface area contributed by atoms with Gasteiger partial charge >= 0.3 is 6.18 Å². The predicted molar refractivity (Wildman–Crippen MR) is 90.2 cm³/mol. The summed E-state index contributed by atoms with van der Waals surface area (Å²) in [5.41, 5.74) is -0.0375. The molecule has 1 unspecified atom stereocenters. The Bertz CT molecular complexity index is 850. The molecule has 3 rings (SSSR count). The van der Waals surface area contributed by atoms with Crippen LogP contribution in [-0.2, 0) is 22.3 Å². The highest BCUT2D eigenvalue weighted by molar-refractivity contribution is 6.00. The standard InChI is InChI=1S/C19H16F4N2O2/c20-15-6-4-12(5-7-15)10-24-18(27)13-8-17(26)25(11-13)16-3-1-2-14(9-16)19(21,22)23/h1-7,9,13H,8,10-11H2,(H,24,27). The number of rotatable bonds is 4. The van der Waals surface area contributed by atoms with Gasteiger partial charge in [0.15, 0.2) is 0 Å². The second kappa shape index (κ2) is 7.38. The number of hydrogen-bond donors (Lipinski definition) is 1. The Morgan fingerprint density at radius 1 is 1.15 bits per heavy atom. The van der Waals surface area contributed by atoms with Crippen molar-refractivity contribution in [3.05, 3.63) is 65.5 Å². The lowest BCUT2D eigenvalue weighted by atomic mass is 10.1. The minimum Gasteiger partial charge on any atom is -0.352 e. The van der Waals surface area contributed by atoms with E-state index >= 15 is 0 Å². The van der Waals surface area contributed by atoms with Crippen LogP contribution in [-0.4, -0.2) is 18.4 Å². The van der Waals surface area contributed by atoms with Gasteiger partial charge in [-0.15, -0.1) is 0 Å². The van der Waals surface area contributed by atoms with Crippen molar-refractivity contribution < 1.29 is 27.2 Å². The summed E-state index contributed by atoms with van der Waals surface area (Å²) in [5, 5.41) is 2.67. The first kappa shape index (κ1) is 18.9. The van der Waals surface area contributed by atoms with E-state index in [-0.39, 0.29) is 36.9 Å². The fourth-order valence-corrected chi connectivity index (χ4v) is 2.92. The zero-order chi connectivity index (χ0) is 19.6. The van der Waals surface area contributed by atoms with E-state index in [0.29, 0.717) is 5.56 Å². The molecule has 1 atom stereocenters. The lowest BCUT2D eigenvalue weighted by Crippen LogP contribution is -2.32. The molecule has 8 heteroatoms. The highest BCUT2D eigenvalue weighted by Gasteiger charge is 2.36. The SMILES string of the molecule is O=C(NCc1ccc(F)cc1)C1CC(=O)N(c2cccc(C(F)(F)F)c2)C1. The van der Waals surface area contributed by atoms with Crippen molar-refractivity contribution in [3.63, 3.8) is 0 Å². The Hall–Kier alpha value is -2.90. The van der Waals surface area contributed by atoms with Crippen molar-refractivity contribution in [3.8, 4) is 0 Å². The zero-order valence-corrected chi connectivity index (χ0v) is 14.1. The third-order valence-corrected chi connectivity index (χ3v) is 4.36. The number of alkyl halides is 3. The van der Waals surface area contributed by atoms with Crippen LogP contribution in [0.3, 0.4) is 0 Å². The number of amides is 2.